The second kappa shape index (κ2) is 8.95. The third-order valence-corrected chi connectivity index (χ3v) is 7.01. The maximum absolute atomic E-state index is 14.2. The molecule has 0 aliphatic heterocycles. The van der Waals surface area contributed by atoms with E-state index in [1.807, 2.05) is 24.3 Å². The lowest BCUT2D eigenvalue weighted by molar-refractivity contribution is 0.0935. The summed E-state index contributed by atoms with van der Waals surface area (Å²) in [6.07, 6.45) is 0. The van der Waals surface area contributed by atoms with Gasteiger partial charge in [0, 0.05) is 17.6 Å². The third-order valence-electron chi connectivity index (χ3n) is 4.24. The summed E-state index contributed by atoms with van der Waals surface area (Å²) in [5.74, 6) is -1.45. The van der Waals surface area contributed by atoms with Crippen molar-refractivity contribution in [3.05, 3.63) is 63.9 Å². The summed E-state index contributed by atoms with van der Waals surface area (Å²) >= 11 is 3.42. The van der Waals surface area contributed by atoms with Crippen molar-refractivity contribution in [2.24, 2.45) is 0 Å². The Morgan fingerprint density at radius 2 is 1.81 bits per heavy atom. The van der Waals surface area contributed by atoms with E-state index >= 15 is 0 Å². The van der Waals surface area contributed by atoms with Gasteiger partial charge in [-0.15, -0.1) is 0 Å². The molecule has 0 heterocycles. The zero-order valence-electron chi connectivity index (χ0n) is 15.4. The van der Waals surface area contributed by atoms with E-state index in [1.54, 1.807) is 20.8 Å². The zero-order valence-corrected chi connectivity index (χ0v) is 17.8. The number of carbonyl (C=O) groups excluding carboxylic acids is 1. The van der Waals surface area contributed by atoms with Gasteiger partial charge in [0.2, 0.25) is 10.0 Å². The molecule has 1 amide bonds. The van der Waals surface area contributed by atoms with E-state index in [9.17, 15) is 17.6 Å². The van der Waals surface area contributed by atoms with Crippen LogP contribution < -0.4 is 5.32 Å². The molecule has 0 saturated heterocycles. The van der Waals surface area contributed by atoms with Crippen molar-refractivity contribution in [1.82, 2.24) is 9.62 Å². The molecule has 0 aliphatic rings. The molecule has 27 heavy (non-hydrogen) atoms. The highest BCUT2D eigenvalue weighted by Crippen LogP contribution is 2.24. The minimum absolute atomic E-state index is 0.105. The van der Waals surface area contributed by atoms with E-state index in [-0.39, 0.29) is 23.5 Å². The highest BCUT2D eigenvalue weighted by molar-refractivity contribution is 9.10. The van der Waals surface area contributed by atoms with Crippen molar-refractivity contribution in [3.63, 3.8) is 0 Å². The van der Waals surface area contributed by atoms with Crippen LogP contribution in [-0.4, -0.2) is 31.7 Å². The molecule has 2 rings (SSSR count). The molecular formula is C19H22BrFN2O3S. The molecule has 8 heteroatoms. The van der Waals surface area contributed by atoms with Crippen LogP contribution in [0.25, 0.3) is 0 Å². The Morgan fingerprint density at radius 3 is 2.41 bits per heavy atom. The van der Waals surface area contributed by atoms with Gasteiger partial charge in [-0.1, -0.05) is 48.0 Å². The Bertz CT molecular complexity index is 930. The molecule has 0 fully saturated rings. The minimum Gasteiger partial charge on any atom is -0.345 e. The summed E-state index contributed by atoms with van der Waals surface area (Å²) in [7, 11) is -3.78. The van der Waals surface area contributed by atoms with Gasteiger partial charge in [0.1, 0.15) is 5.82 Å². The minimum atomic E-state index is -3.78. The summed E-state index contributed by atoms with van der Waals surface area (Å²) in [6.45, 7) is 5.79. The van der Waals surface area contributed by atoms with Crippen LogP contribution in [0.3, 0.4) is 0 Å². The number of carbonyl (C=O) groups is 1. The first-order chi connectivity index (χ1) is 12.7. The SMILES string of the molecule is CCN(CC)S(=O)(=O)c1ccc(F)c(C(=O)NC(C)c2ccccc2Br)c1. The lowest BCUT2D eigenvalue weighted by Gasteiger charge is -2.19. The standard InChI is InChI=1S/C19H22BrFN2O3S/c1-4-23(5-2)27(25,26)14-10-11-18(21)16(12-14)19(24)22-13(3)15-8-6-7-9-17(15)20/h6-13H,4-5H2,1-3H3,(H,22,24). The summed E-state index contributed by atoms with van der Waals surface area (Å²) < 4.78 is 41.6. The number of rotatable bonds is 7. The average Bonchev–Trinajstić information content (AvgIpc) is 2.62. The monoisotopic (exact) mass is 456 g/mol. The highest BCUT2D eigenvalue weighted by Gasteiger charge is 2.25. The smallest absolute Gasteiger partial charge is 0.254 e. The molecule has 2 aromatic rings. The summed E-state index contributed by atoms with van der Waals surface area (Å²) in [5, 5.41) is 2.71. The summed E-state index contributed by atoms with van der Waals surface area (Å²) in [6, 6.07) is 10.2. The molecular weight excluding hydrogens is 435 g/mol. The Hall–Kier alpha value is -1.77. The quantitative estimate of drug-likeness (QED) is 0.681. The summed E-state index contributed by atoms with van der Waals surface area (Å²) in [4.78, 5) is 12.5. The first-order valence-electron chi connectivity index (χ1n) is 8.57. The average molecular weight is 457 g/mol. The van der Waals surface area contributed by atoms with Crippen LogP contribution in [0.5, 0.6) is 0 Å². The van der Waals surface area contributed by atoms with Crippen molar-refractivity contribution >= 4 is 31.9 Å². The first kappa shape index (κ1) is 21.5. The fourth-order valence-electron chi connectivity index (χ4n) is 2.73. The number of hydrogen-bond acceptors (Lipinski definition) is 3. The van der Waals surface area contributed by atoms with Crippen molar-refractivity contribution in [1.29, 1.82) is 0 Å². The van der Waals surface area contributed by atoms with E-state index in [0.29, 0.717) is 0 Å². The van der Waals surface area contributed by atoms with Crippen molar-refractivity contribution in [3.8, 4) is 0 Å². The Morgan fingerprint density at radius 1 is 1.19 bits per heavy atom. The number of nitrogens with one attached hydrogen (secondary N) is 1. The fourth-order valence-corrected chi connectivity index (χ4v) is 4.84. The number of hydrogen-bond donors (Lipinski definition) is 1. The van der Waals surface area contributed by atoms with E-state index in [1.165, 1.54) is 10.4 Å². The van der Waals surface area contributed by atoms with Crippen molar-refractivity contribution in [2.45, 2.75) is 31.7 Å². The maximum Gasteiger partial charge on any atom is 0.254 e. The molecule has 0 bridgehead atoms. The number of nitrogens with zero attached hydrogens (tertiary/aromatic N) is 1. The molecule has 146 valence electrons. The number of benzene rings is 2. The van der Waals surface area contributed by atoms with Crippen molar-refractivity contribution in [2.75, 3.05) is 13.1 Å². The van der Waals surface area contributed by atoms with Gasteiger partial charge in [0.05, 0.1) is 16.5 Å². The molecule has 0 aliphatic carbocycles. The molecule has 0 spiro atoms. The lowest BCUT2D eigenvalue weighted by atomic mass is 10.1. The van der Waals surface area contributed by atoms with Crippen LogP contribution in [0.4, 0.5) is 4.39 Å². The largest absolute Gasteiger partial charge is 0.345 e. The van der Waals surface area contributed by atoms with E-state index < -0.39 is 27.8 Å². The third kappa shape index (κ3) is 4.75. The molecule has 0 aromatic heterocycles. The lowest BCUT2D eigenvalue weighted by Crippen LogP contribution is -2.31. The Balaban J connectivity index is 2.33. The van der Waals surface area contributed by atoms with Crippen LogP contribution in [0.15, 0.2) is 51.8 Å². The zero-order chi connectivity index (χ0) is 20.2. The van der Waals surface area contributed by atoms with Crippen molar-refractivity contribution < 1.29 is 17.6 Å². The van der Waals surface area contributed by atoms with E-state index in [4.69, 9.17) is 0 Å². The molecule has 1 unspecified atom stereocenters. The Kier molecular flexibility index (Phi) is 7.13. The second-order valence-corrected chi connectivity index (χ2v) is 8.74. The molecule has 1 atom stereocenters. The van der Waals surface area contributed by atoms with Crippen LogP contribution in [0, 0.1) is 5.82 Å². The second-order valence-electron chi connectivity index (χ2n) is 5.95. The van der Waals surface area contributed by atoms with Gasteiger partial charge in [-0.3, -0.25) is 4.79 Å². The predicted octanol–water partition coefficient (Wildman–Crippen LogP) is 4.11. The van der Waals surface area contributed by atoms with Gasteiger partial charge in [-0.25, -0.2) is 12.8 Å². The van der Waals surface area contributed by atoms with Gasteiger partial charge >= 0.3 is 0 Å². The number of halogens is 2. The Labute approximate surface area is 167 Å². The predicted molar refractivity (Wildman–Crippen MR) is 107 cm³/mol. The molecule has 0 saturated carbocycles. The fraction of sp³-hybridized carbons (Fsp3) is 0.316. The van der Waals surface area contributed by atoms with Gasteiger partial charge in [-0.2, -0.15) is 4.31 Å². The van der Waals surface area contributed by atoms with Crippen LogP contribution in [0.2, 0.25) is 0 Å². The van der Waals surface area contributed by atoms with Gasteiger partial charge in [0.15, 0.2) is 0 Å². The highest BCUT2D eigenvalue weighted by atomic mass is 79.9. The molecule has 1 N–H and O–H groups in total. The van der Waals surface area contributed by atoms with Gasteiger partial charge in [-0.05, 0) is 36.8 Å². The number of amides is 1. The van der Waals surface area contributed by atoms with Crippen LogP contribution >= 0.6 is 15.9 Å². The maximum atomic E-state index is 14.2. The summed E-state index contributed by atoms with van der Waals surface area (Å²) in [5.41, 5.74) is 0.528. The normalized spacial score (nSPS) is 12.8. The van der Waals surface area contributed by atoms with E-state index in [0.717, 1.165) is 22.2 Å². The van der Waals surface area contributed by atoms with Crippen LogP contribution in [0.1, 0.15) is 42.7 Å². The topological polar surface area (TPSA) is 66.5 Å². The van der Waals surface area contributed by atoms with E-state index in [2.05, 4.69) is 21.2 Å². The number of sulfonamides is 1. The molecule has 5 nitrogen and oxygen atoms in total. The molecule has 0 radical (unpaired) electrons. The first-order valence-corrected chi connectivity index (χ1v) is 10.8. The molecule has 2 aromatic carbocycles. The van der Waals surface area contributed by atoms with Gasteiger partial charge < -0.3 is 5.32 Å². The van der Waals surface area contributed by atoms with Crippen LogP contribution in [-0.2, 0) is 10.0 Å². The van der Waals surface area contributed by atoms with Gasteiger partial charge in [0.25, 0.3) is 5.91 Å².